The summed E-state index contributed by atoms with van der Waals surface area (Å²) in [7, 11) is 0. The Kier molecular flexibility index (Phi) is 3.81. The monoisotopic (exact) mass is 257 g/mol. The van der Waals surface area contributed by atoms with Gasteiger partial charge in [0.15, 0.2) is 0 Å². The van der Waals surface area contributed by atoms with Gasteiger partial charge in [-0.25, -0.2) is 0 Å². The number of nitrogens with two attached hydrogens (primary N) is 1. The fraction of sp³-hybridized carbons (Fsp3) is 0.333. The van der Waals surface area contributed by atoms with Crippen molar-refractivity contribution in [2.24, 2.45) is 5.73 Å². The predicted octanol–water partition coefficient (Wildman–Crippen LogP) is 2.69. The quantitative estimate of drug-likeness (QED) is 0.884. The van der Waals surface area contributed by atoms with E-state index in [0.29, 0.717) is 12.8 Å². The van der Waals surface area contributed by atoms with Crippen LogP contribution in [0.25, 0.3) is 10.9 Å². The second-order valence-electron chi connectivity index (χ2n) is 4.73. The van der Waals surface area contributed by atoms with Gasteiger partial charge in [-0.1, -0.05) is 19.9 Å². The molecule has 4 nitrogen and oxygen atoms in total. The van der Waals surface area contributed by atoms with Crippen LogP contribution in [-0.2, 0) is 4.79 Å². The molecule has 0 radical (unpaired) electrons. The van der Waals surface area contributed by atoms with Crippen molar-refractivity contribution >= 4 is 22.5 Å². The van der Waals surface area contributed by atoms with Crippen molar-refractivity contribution in [1.82, 2.24) is 4.98 Å². The molecule has 0 saturated carbocycles. The number of amides is 1. The molecular weight excluding hydrogens is 238 g/mol. The lowest BCUT2D eigenvalue weighted by atomic mass is 9.93. The van der Waals surface area contributed by atoms with Crippen LogP contribution in [0.4, 0.5) is 5.69 Å². The molecule has 2 aromatic rings. The number of hydrogen-bond donors (Lipinski definition) is 2. The van der Waals surface area contributed by atoms with Gasteiger partial charge in [-0.05, 0) is 37.1 Å². The Morgan fingerprint density at radius 1 is 1.32 bits per heavy atom. The van der Waals surface area contributed by atoms with Gasteiger partial charge < -0.3 is 11.1 Å². The summed E-state index contributed by atoms with van der Waals surface area (Å²) < 4.78 is 0. The largest absolute Gasteiger partial charge is 0.324 e. The second-order valence-corrected chi connectivity index (χ2v) is 4.73. The zero-order chi connectivity index (χ0) is 13.9. The van der Waals surface area contributed by atoms with Crippen molar-refractivity contribution in [1.29, 1.82) is 0 Å². The van der Waals surface area contributed by atoms with Crippen molar-refractivity contribution < 1.29 is 4.79 Å². The van der Waals surface area contributed by atoms with Crippen molar-refractivity contribution in [2.45, 2.75) is 32.2 Å². The molecule has 0 aliphatic heterocycles. The van der Waals surface area contributed by atoms with Crippen molar-refractivity contribution in [3.05, 3.63) is 36.5 Å². The molecule has 0 spiro atoms. The molecule has 3 N–H and O–H groups in total. The first-order valence-corrected chi connectivity index (χ1v) is 6.54. The van der Waals surface area contributed by atoms with Crippen LogP contribution in [0.1, 0.15) is 26.7 Å². The van der Waals surface area contributed by atoms with Gasteiger partial charge in [-0.3, -0.25) is 9.78 Å². The molecule has 4 heteroatoms. The van der Waals surface area contributed by atoms with E-state index in [-0.39, 0.29) is 5.91 Å². The van der Waals surface area contributed by atoms with E-state index < -0.39 is 5.54 Å². The van der Waals surface area contributed by atoms with Crippen LogP contribution >= 0.6 is 0 Å². The molecule has 0 aliphatic carbocycles. The molecule has 0 saturated heterocycles. The second kappa shape index (κ2) is 5.36. The molecule has 0 bridgehead atoms. The number of hydrogen-bond acceptors (Lipinski definition) is 3. The maximum atomic E-state index is 12.2. The van der Waals surface area contributed by atoms with Crippen molar-refractivity contribution in [2.75, 3.05) is 5.32 Å². The number of carbonyl (C=O) groups excluding carboxylic acids is 1. The van der Waals surface area contributed by atoms with Crippen LogP contribution in [-0.4, -0.2) is 16.4 Å². The van der Waals surface area contributed by atoms with E-state index in [9.17, 15) is 4.79 Å². The van der Waals surface area contributed by atoms with Crippen molar-refractivity contribution in [3.8, 4) is 0 Å². The number of benzene rings is 1. The normalized spacial score (nSPS) is 11.5. The highest BCUT2D eigenvalue weighted by atomic mass is 16.2. The molecule has 1 heterocycles. The Labute approximate surface area is 113 Å². The predicted molar refractivity (Wildman–Crippen MR) is 77.9 cm³/mol. The van der Waals surface area contributed by atoms with E-state index in [1.165, 1.54) is 0 Å². The third-order valence-corrected chi connectivity index (χ3v) is 3.57. The van der Waals surface area contributed by atoms with Gasteiger partial charge in [0.1, 0.15) is 0 Å². The first kappa shape index (κ1) is 13.5. The molecule has 1 amide bonds. The minimum atomic E-state index is -0.802. The highest BCUT2D eigenvalue weighted by Gasteiger charge is 2.29. The number of rotatable bonds is 4. The summed E-state index contributed by atoms with van der Waals surface area (Å²) in [5.41, 5.74) is 6.93. The van der Waals surface area contributed by atoms with Crippen LogP contribution in [0.15, 0.2) is 36.5 Å². The minimum absolute atomic E-state index is 0.138. The summed E-state index contributed by atoms with van der Waals surface area (Å²) in [5.74, 6) is -0.138. The highest BCUT2D eigenvalue weighted by molar-refractivity contribution is 5.99. The van der Waals surface area contributed by atoms with Gasteiger partial charge in [0.05, 0.1) is 11.1 Å². The number of anilines is 1. The van der Waals surface area contributed by atoms with Crippen LogP contribution in [0, 0.1) is 0 Å². The molecule has 2 rings (SSSR count). The maximum Gasteiger partial charge on any atom is 0.244 e. The first-order valence-electron chi connectivity index (χ1n) is 6.54. The van der Waals surface area contributed by atoms with Gasteiger partial charge in [-0.15, -0.1) is 0 Å². The molecule has 0 atom stereocenters. The van der Waals surface area contributed by atoms with Gasteiger partial charge in [0.2, 0.25) is 5.91 Å². The van der Waals surface area contributed by atoms with Crippen molar-refractivity contribution in [3.63, 3.8) is 0 Å². The number of aromatic nitrogens is 1. The fourth-order valence-electron chi connectivity index (χ4n) is 1.98. The van der Waals surface area contributed by atoms with E-state index >= 15 is 0 Å². The lowest BCUT2D eigenvalue weighted by Gasteiger charge is -2.25. The number of nitrogens with one attached hydrogen (secondary N) is 1. The summed E-state index contributed by atoms with van der Waals surface area (Å²) in [6, 6.07) is 9.48. The molecule has 0 fully saturated rings. The third-order valence-electron chi connectivity index (χ3n) is 3.57. The molecule has 100 valence electrons. The van der Waals surface area contributed by atoms with E-state index in [4.69, 9.17) is 5.73 Å². The molecule has 1 aromatic carbocycles. The van der Waals surface area contributed by atoms with Crippen LogP contribution < -0.4 is 11.1 Å². The molecular formula is C15H19N3O. The average Bonchev–Trinajstić information content (AvgIpc) is 2.46. The number of pyridine rings is 1. The average molecular weight is 257 g/mol. The summed E-state index contributed by atoms with van der Waals surface area (Å²) in [6.07, 6.45) is 2.98. The standard InChI is InChI=1S/C15H19N3O/c1-3-15(16,4-2)14(19)18-12-7-8-13-11(10-12)6-5-9-17-13/h5-10H,3-4,16H2,1-2H3,(H,18,19). The summed E-state index contributed by atoms with van der Waals surface area (Å²) >= 11 is 0. The maximum absolute atomic E-state index is 12.2. The molecule has 0 aliphatic rings. The summed E-state index contributed by atoms with van der Waals surface area (Å²) in [5, 5.41) is 3.88. The van der Waals surface area contributed by atoms with E-state index in [2.05, 4.69) is 10.3 Å². The number of carbonyl (C=O) groups is 1. The van der Waals surface area contributed by atoms with E-state index in [0.717, 1.165) is 16.6 Å². The van der Waals surface area contributed by atoms with E-state index in [1.807, 2.05) is 44.2 Å². The van der Waals surface area contributed by atoms with Gasteiger partial charge in [0.25, 0.3) is 0 Å². The summed E-state index contributed by atoms with van der Waals surface area (Å²) in [4.78, 5) is 16.4. The molecule has 1 aromatic heterocycles. The van der Waals surface area contributed by atoms with Gasteiger partial charge in [-0.2, -0.15) is 0 Å². The fourth-order valence-corrected chi connectivity index (χ4v) is 1.98. The van der Waals surface area contributed by atoms with E-state index in [1.54, 1.807) is 6.20 Å². The highest BCUT2D eigenvalue weighted by Crippen LogP contribution is 2.19. The summed E-state index contributed by atoms with van der Waals surface area (Å²) in [6.45, 7) is 3.85. The zero-order valence-corrected chi connectivity index (χ0v) is 11.3. The number of nitrogens with zero attached hydrogens (tertiary/aromatic N) is 1. The SMILES string of the molecule is CCC(N)(CC)C(=O)Nc1ccc2ncccc2c1. The molecule has 0 unspecified atom stereocenters. The smallest absolute Gasteiger partial charge is 0.244 e. The Hall–Kier alpha value is -1.94. The van der Waals surface area contributed by atoms with Crippen LogP contribution in [0.3, 0.4) is 0 Å². The lowest BCUT2D eigenvalue weighted by Crippen LogP contribution is -2.50. The first-order chi connectivity index (χ1) is 9.09. The Morgan fingerprint density at radius 2 is 2.05 bits per heavy atom. The Bertz CT molecular complexity index is 591. The zero-order valence-electron chi connectivity index (χ0n) is 11.3. The molecule has 19 heavy (non-hydrogen) atoms. The van der Waals surface area contributed by atoms with Crippen LogP contribution in [0.5, 0.6) is 0 Å². The van der Waals surface area contributed by atoms with Gasteiger partial charge >= 0.3 is 0 Å². The van der Waals surface area contributed by atoms with Crippen LogP contribution in [0.2, 0.25) is 0 Å². The Morgan fingerprint density at radius 3 is 2.74 bits per heavy atom. The number of fused-ring (bicyclic) bond motifs is 1. The lowest BCUT2D eigenvalue weighted by molar-refractivity contribution is -0.121. The Balaban J connectivity index is 2.24. The minimum Gasteiger partial charge on any atom is -0.324 e. The van der Waals surface area contributed by atoms with Gasteiger partial charge in [0, 0.05) is 17.3 Å². The third kappa shape index (κ3) is 2.74. The topological polar surface area (TPSA) is 68.0 Å².